The predicted octanol–water partition coefficient (Wildman–Crippen LogP) is 3.01. The number of carbonyl (C=O) groups is 1. The Labute approximate surface area is 201 Å². The van der Waals surface area contributed by atoms with Gasteiger partial charge in [0.2, 0.25) is 0 Å². The van der Waals surface area contributed by atoms with Gasteiger partial charge in [0.25, 0.3) is 5.91 Å². The maximum atomic E-state index is 13.1. The van der Waals surface area contributed by atoms with E-state index in [9.17, 15) is 4.79 Å². The number of nitrogen functional groups attached to an aromatic ring is 1. The van der Waals surface area contributed by atoms with Gasteiger partial charge in [-0.2, -0.15) is 5.10 Å². The topological polar surface area (TPSA) is 137 Å². The number of nitrogens with two attached hydrogens (primary N) is 1. The number of nitrogens with zero attached hydrogens (tertiary/aromatic N) is 7. The summed E-state index contributed by atoms with van der Waals surface area (Å²) in [5, 5.41) is 8.21. The molecule has 4 heterocycles. The lowest BCUT2D eigenvalue weighted by Gasteiger charge is -2.12. The van der Waals surface area contributed by atoms with Crippen LogP contribution in [0.3, 0.4) is 0 Å². The first kappa shape index (κ1) is 22.1. The van der Waals surface area contributed by atoms with Gasteiger partial charge in [0.05, 0.1) is 17.8 Å². The SMILES string of the molecule is Cc1cc(C)nc(CNC(=O)c2nc(-c3ccc4ncccc4c3)c(-c3ccn(C)n3)nc2N)n1. The maximum absolute atomic E-state index is 13.1. The molecule has 35 heavy (non-hydrogen) atoms. The van der Waals surface area contributed by atoms with Crippen LogP contribution in [0.1, 0.15) is 27.7 Å². The van der Waals surface area contributed by atoms with E-state index in [-0.39, 0.29) is 18.1 Å². The second-order valence-corrected chi connectivity index (χ2v) is 8.19. The number of benzene rings is 1. The molecule has 5 rings (SSSR count). The highest BCUT2D eigenvalue weighted by Gasteiger charge is 2.21. The molecule has 0 aliphatic heterocycles. The zero-order chi connectivity index (χ0) is 24.5. The van der Waals surface area contributed by atoms with E-state index in [0.717, 1.165) is 27.9 Å². The van der Waals surface area contributed by atoms with Crippen LogP contribution in [0.25, 0.3) is 33.5 Å². The molecule has 0 radical (unpaired) electrons. The summed E-state index contributed by atoms with van der Waals surface area (Å²) >= 11 is 0. The fourth-order valence-electron chi connectivity index (χ4n) is 3.88. The number of carbonyl (C=O) groups excluding carboxylic acids is 1. The number of rotatable bonds is 5. The highest BCUT2D eigenvalue weighted by molar-refractivity contribution is 5.98. The molecule has 10 heteroatoms. The van der Waals surface area contributed by atoms with Crippen molar-refractivity contribution in [2.45, 2.75) is 20.4 Å². The smallest absolute Gasteiger partial charge is 0.274 e. The molecule has 4 aromatic heterocycles. The maximum Gasteiger partial charge on any atom is 0.274 e. The number of aryl methyl sites for hydroxylation is 3. The Morgan fingerprint density at radius 1 is 1.00 bits per heavy atom. The first-order chi connectivity index (χ1) is 16.9. The molecule has 10 nitrogen and oxygen atoms in total. The number of nitrogens with one attached hydrogen (secondary N) is 1. The quantitative estimate of drug-likeness (QED) is 0.404. The first-order valence-corrected chi connectivity index (χ1v) is 11.0. The summed E-state index contributed by atoms with van der Waals surface area (Å²) in [6, 6.07) is 13.3. The Bertz CT molecular complexity index is 1550. The molecule has 0 fully saturated rings. The Balaban J connectivity index is 1.56. The van der Waals surface area contributed by atoms with E-state index in [1.54, 1.807) is 10.9 Å². The van der Waals surface area contributed by atoms with Gasteiger partial charge >= 0.3 is 0 Å². The van der Waals surface area contributed by atoms with Gasteiger partial charge < -0.3 is 11.1 Å². The lowest BCUT2D eigenvalue weighted by atomic mass is 10.0. The minimum absolute atomic E-state index is 0.00991. The van der Waals surface area contributed by atoms with E-state index in [1.165, 1.54) is 0 Å². The van der Waals surface area contributed by atoms with Crippen LogP contribution in [0.15, 0.2) is 54.9 Å². The number of aromatic nitrogens is 7. The largest absolute Gasteiger partial charge is 0.382 e. The number of hydrogen-bond acceptors (Lipinski definition) is 8. The Kier molecular flexibility index (Phi) is 5.61. The average molecular weight is 466 g/mol. The van der Waals surface area contributed by atoms with Gasteiger partial charge in [0.1, 0.15) is 17.2 Å². The molecular weight excluding hydrogens is 442 g/mol. The van der Waals surface area contributed by atoms with E-state index in [0.29, 0.717) is 22.9 Å². The van der Waals surface area contributed by atoms with Crippen LogP contribution in [0.5, 0.6) is 0 Å². The van der Waals surface area contributed by atoms with Gasteiger partial charge in [0.15, 0.2) is 11.5 Å². The standard InChI is InChI=1S/C25H23N9O/c1-14-11-15(2)30-20(29-14)13-28-25(35)23-24(26)32-22(19-8-10-34(3)33-19)21(31-23)17-6-7-18-16(12-17)5-4-9-27-18/h4-12H,13H2,1-3H3,(H2,26,32)(H,28,35). The van der Waals surface area contributed by atoms with Crippen molar-refractivity contribution >= 4 is 22.6 Å². The molecule has 1 amide bonds. The highest BCUT2D eigenvalue weighted by atomic mass is 16.1. The summed E-state index contributed by atoms with van der Waals surface area (Å²) in [7, 11) is 1.82. The summed E-state index contributed by atoms with van der Waals surface area (Å²) in [6.45, 7) is 3.90. The number of fused-ring (bicyclic) bond motifs is 1. The second-order valence-electron chi connectivity index (χ2n) is 8.19. The van der Waals surface area contributed by atoms with Gasteiger partial charge in [-0.15, -0.1) is 0 Å². The Morgan fingerprint density at radius 2 is 1.80 bits per heavy atom. The van der Waals surface area contributed by atoms with Crippen LogP contribution >= 0.6 is 0 Å². The van der Waals surface area contributed by atoms with Crippen LogP contribution in [0, 0.1) is 13.8 Å². The third-order valence-corrected chi connectivity index (χ3v) is 5.41. The van der Waals surface area contributed by atoms with Gasteiger partial charge in [-0.25, -0.2) is 19.9 Å². The fraction of sp³-hybridized carbons (Fsp3) is 0.160. The van der Waals surface area contributed by atoms with Crippen molar-refractivity contribution in [1.29, 1.82) is 0 Å². The molecular formula is C25H23N9O. The first-order valence-electron chi connectivity index (χ1n) is 11.0. The predicted molar refractivity (Wildman–Crippen MR) is 132 cm³/mol. The molecule has 5 aromatic rings. The Morgan fingerprint density at radius 3 is 2.54 bits per heavy atom. The number of amides is 1. The van der Waals surface area contributed by atoms with Gasteiger partial charge in [-0.3, -0.25) is 14.5 Å². The lowest BCUT2D eigenvalue weighted by molar-refractivity contribution is 0.0945. The summed E-state index contributed by atoms with van der Waals surface area (Å²) in [6.07, 6.45) is 3.55. The molecule has 0 bridgehead atoms. The molecule has 0 spiro atoms. The minimum Gasteiger partial charge on any atom is -0.382 e. The number of pyridine rings is 1. The van der Waals surface area contributed by atoms with Crippen molar-refractivity contribution in [1.82, 2.24) is 40.0 Å². The average Bonchev–Trinajstić information content (AvgIpc) is 3.27. The molecule has 0 aliphatic carbocycles. The fourth-order valence-corrected chi connectivity index (χ4v) is 3.88. The molecule has 0 aliphatic rings. The van der Waals surface area contributed by atoms with Crippen LogP contribution in [-0.2, 0) is 13.6 Å². The summed E-state index contributed by atoms with van der Waals surface area (Å²) in [5.41, 5.74) is 11.1. The zero-order valence-corrected chi connectivity index (χ0v) is 19.5. The van der Waals surface area contributed by atoms with E-state index in [2.05, 4.69) is 35.3 Å². The molecule has 0 unspecified atom stereocenters. The van der Waals surface area contributed by atoms with Crippen LogP contribution in [0.4, 0.5) is 5.82 Å². The molecule has 174 valence electrons. The van der Waals surface area contributed by atoms with Gasteiger partial charge in [0, 0.05) is 41.8 Å². The van der Waals surface area contributed by atoms with E-state index < -0.39 is 5.91 Å². The van der Waals surface area contributed by atoms with Crippen molar-refractivity contribution in [2.75, 3.05) is 5.73 Å². The minimum atomic E-state index is -0.464. The molecule has 0 saturated heterocycles. The van der Waals surface area contributed by atoms with Gasteiger partial charge in [-0.05, 0) is 44.2 Å². The van der Waals surface area contributed by atoms with Crippen molar-refractivity contribution in [3.8, 4) is 22.6 Å². The highest BCUT2D eigenvalue weighted by Crippen LogP contribution is 2.31. The van der Waals surface area contributed by atoms with Crippen LogP contribution in [-0.4, -0.2) is 40.6 Å². The van der Waals surface area contributed by atoms with Crippen molar-refractivity contribution in [3.63, 3.8) is 0 Å². The second kappa shape index (κ2) is 8.90. The van der Waals surface area contributed by atoms with E-state index in [4.69, 9.17) is 5.73 Å². The van der Waals surface area contributed by atoms with E-state index in [1.807, 2.05) is 69.6 Å². The van der Waals surface area contributed by atoms with Crippen molar-refractivity contribution < 1.29 is 4.79 Å². The third kappa shape index (κ3) is 4.54. The monoisotopic (exact) mass is 465 g/mol. The van der Waals surface area contributed by atoms with Crippen LogP contribution in [0.2, 0.25) is 0 Å². The van der Waals surface area contributed by atoms with Crippen molar-refractivity contribution in [3.05, 3.63) is 77.8 Å². The summed E-state index contributed by atoms with van der Waals surface area (Å²) < 4.78 is 1.67. The Hall–Kier alpha value is -4.73. The zero-order valence-electron chi connectivity index (χ0n) is 19.5. The lowest BCUT2D eigenvalue weighted by Crippen LogP contribution is -2.27. The van der Waals surface area contributed by atoms with Crippen molar-refractivity contribution in [2.24, 2.45) is 7.05 Å². The number of anilines is 1. The normalized spacial score (nSPS) is 11.1. The summed E-state index contributed by atoms with van der Waals surface area (Å²) in [4.78, 5) is 35.4. The van der Waals surface area contributed by atoms with E-state index >= 15 is 0 Å². The molecule has 1 aromatic carbocycles. The molecule has 0 atom stereocenters. The van der Waals surface area contributed by atoms with Crippen LogP contribution < -0.4 is 11.1 Å². The van der Waals surface area contributed by atoms with Gasteiger partial charge in [-0.1, -0.05) is 12.1 Å². The number of hydrogen-bond donors (Lipinski definition) is 2. The third-order valence-electron chi connectivity index (χ3n) is 5.41. The molecule has 3 N–H and O–H groups in total. The summed E-state index contributed by atoms with van der Waals surface area (Å²) in [5.74, 6) is 0.0551. The molecule has 0 saturated carbocycles.